The number of carboxylic acids is 1. The molecule has 78 valence electrons. The van der Waals surface area contributed by atoms with E-state index >= 15 is 0 Å². The van der Waals surface area contributed by atoms with Gasteiger partial charge in [0.2, 0.25) is 0 Å². The fourth-order valence-electron chi connectivity index (χ4n) is 1.29. The number of furan rings is 1. The van der Waals surface area contributed by atoms with E-state index in [0.29, 0.717) is 6.54 Å². The topological polar surface area (TPSA) is 62.5 Å². The van der Waals surface area contributed by atoms with Crippen molar-refractivity contribution in [3.63, 3.8) is 0 Å². The van der Waals surface area contributed by atoms with Crippen LogP contribution in [0.15, 0.2) is 22.8 Å². The number of rotatable bonds is 6. The molecule has 0 amide bonds. The molecule has 0 aromatic carbocycles. The fraction of sp³-hybridized carbons (Fsp3) is 0.500. The van der Waals surface area contributed by atoms with Crippen LogP contribution < -0.4 is 5.32 Å². The van der Waals surface area contributed by atoms with Gasteiger partial charge in [-0.25, -0.2) is 0 Å². The third-order valence-corrected chi connectivity index (χ3v) is 2.02. The first-order chi connectivity index (χ1) is 6.74. The quantitative estimate of drug-likeness (QED) is 0.729. The van der Waals surface area contributed by atoms with Crippen molar-refractivity contribution in [2.75, 3.05) is 6.54 Å². The molecule has 0 fully saturated rings. The van der Waals surface area contributed by atoms with E-state index in [1.807, 2.05) is 19.1 Å². The first-order valence-electron chi connectivity index (χ1n) is 4.72. The summed E-state index contributed by atoms with van der Waals surface area (Å²) in [4.78, 5) is 10.3. The summed E-state index contributed by atoms with van der Waals surface area (Å²) < 4.78 is 5.23. The molecule has 4 nitrogen and oxygen atoms in total. The summed E-state index contributed by atoms with van der Waals surface area (Å²) in [6.45, 7) is 2.50. The number of hydrogen-bond donors (Lipinski definition) is 2. The molecule has 14 heavy (non-hydrogen) atoms. The second-order valence-corrected chi connectivity index (χ2v) is 3.07. The summed E-state index contributed by atoms with van der Waals surface area (Å²) in [5, 5.41) is 11.6. The molecule has 0 radical (unpaired) electrons. The van der Waals surface area contributed by atoms with E-state index in [0.717, 1.165) is 12.2 Å². The Labute approximate surface area is 82.9 Å². The first kappa shape index (κ1) is 10.8. The second-order valence-electron chi connectivity index (χ2n) is 3.07. The minimum atomic E-state index is -0.785. The molecular formula is C10H15NO3. The van der Waals surface area contributed by atoms with Crippen molar-refractivity contribution in [2.45, 2.75) is 25.8 Å². The summed E-state index contributed by atoms with van der Waals surface area (Å²) in [7, 11) is 0. The molecule has 0 saturated heterocycles. The highest BCUT2D eigenvalue weighted by atomic mass is 16.4. The van der Waals surface area contributed by atoms with Gasteiger partial charge in [0.25, 0.3) is 0 Å². The number of carboxylic acid groups (broad SMARTS) is 1. The largest absolute Gasteiger partial charge is 0.481 e. The predicted octanol–water partition coefficient (Wildman–Crippen LogP) is 1.79. The zero-order valence-electron chi connectivity index (χ0n) is 8.19. The highest BCUT2D eigenvalue weighted by Gasteiger charge is 2.11. The van der Waals surface area contributed by atoms with Crippen LogP contribution in [0.5, 0.6) is 0 Å². The maximum atomic E-state index is 10.3. The van der Waals surface area contributed by atoms with Crippen molar-refractivity contribution < 1.29 is 14.3 Å². The Morgan fingerprint density at radius 3 is 3.00 bits per heavy atom. The Kier molecular flexibility index (Phi) is 4.19. The number of carbonyl (C=O) groups is 1. The van der Waals surface area contributed by atoms with Crippen LogP contribution >= 0.6 is 0 Å². The van der Waals surface area contributed by atoms with Gasteiger partial charge < -0.3 is 14.8 Å². The SMILES string of the molecule is CCC(NCCC(=O)O)c1ccco1. The van der Waals surface area contributed by atoms with Crippen LogP contribution in [0.2, 0.25) is 0 Å². The molecule has 0 aliphatic heterocycles. The van der Waals surface area contributed by atoms with E-state index in [1.165, 1.54) is 0 Å². The van der Waals surface area contributed by atoms with E-state index in [9.17, 15) is 4.79 Å². The fourth-order valence-corrected chi connectivity index (χ4v) is 1.29. The lowest BCUT2D eigenvalue weighted by atomic mass is 10.1. The Morgan fingerprint density at radius 1 is 1.71 bits per heavy atom. The van der Waals surface area contributed by atoms with E-state index in [2.05, 4.69) is 5.32 Å². The molecule has 1 heterocycles. The van der Waals surface area contributed by atoms with Gasteiger partial charge in [-0.1, -0.05) is 6.92 Å². The molecule has 2 N–H and O–H groups in total. The normalized spacial score (nSPS) is 12.6. The number of nitrogens with one attached hydrogen (secondary N) is 1. The maximum absolute atomic E-state index is 10.3. The van der Waals surface area contributed by atoms with Crippen LogP contribution in [0.1, 0.15) is 31.6 Å². The summed E-state index contributed by atoms with van der Waals surface area (Å²) in [6, 6.07) is 3.84. The maximum Gasteiger partial charge on any atom is 0.304 e. The van der Waals surface area contributed by atoms with Gasteiger partial charge in [0.05, 0.1) is 18.7 Å². The van der Waals surface area contributed by atoms with E-state index < -0.39 is 5.97 Å². The highest BCUT2D eigenvalue weighted by Crippen LogP contribution is 2.16. The summed E-state index contributed by atoms with van der Waals surface area (Å²) in [5.41, 5.74) is 0. The van der Waals surface area contributed by atoms with Crippen LogP contribution in [0.4, 0.5) is 0 Å². The Hall–Kier alpha value is -1.29. The van der Waals surface area contributed by atoms with Crippen molar-refractivity contribution in [1.29, 1.82) is 0 Å². The Bertz CT molecular complexity index is 269. The number of aliphatic carboxylic acids is 1. The average Bonchev–Trinajstić information content (AvgIpc) is 2.64. The molecule has 1 atom stereocenters. The van der Waals surface area contributed by atoms with Gasteiger partial charge in [0, 0.05) is 6.54 Å². The van der Waals surface area contributed by atoms with Crippen molar-refractivity contribution in [2.24, 2.45) is 0 Å². The summed E-state index contributed by atoms with van der Waals surface area (Å²) in [5.74, 6) is 0.0738. The van der Waals surface area contributed by atoms with Crippen molar-refractivity contribution in [3.8, 4) is 0 Å². The van der Waals surface area contributed by atoms with Gasteiger partial charge in [-0.05, 0) is 18.6 Å². The van der Waals surface area contributed by atoms with Gasteiger partial charge >= 0.3 is 5.97 Å². The van der Waals surface area contributed by atoms with E-state index in [4.69, 9.17) is 9.52 Å². The zero-order valence-corrected chi connectivity index (χ0v) is 8.19. The van der Waals surface area contributed by atoms with Gasteiger partial charge in [0.15, 0.2) is 0 Å². The minimum Gasteiger partial charge on any atom is -0.481 e. The standard InChI is InChI=1S/C10H15NO3/c1-2-8(9-4-3-7-14-9)11-6-5-10(12)13/h3-4,7-8,11H,2,5-6H2,1H3,(H,12,13). The minimum absolute atomic E-state index is 0.115. The lowest BCUT2D eigenvalue weighted by molar-refractivity contribution is -0.136. The van der Waals surface area contributed by atoms with Crippen LogP contribution in [0, 0.1) is 0 Å². The number of hydrogen-bond acceptors (Lipinski definition) is 3. The second kappa shape index (κ2) is 5.44. The Balaban J connectivity index is 2.36. The van der Waals surface area contributed by atoms with Crippen LogP contribution in [-0.4, -0.2) is 17.6 Å². The molecule has 4 heteroatoms. The summed E-state index contributed by atoms with van der Waals surface area (Å²) in [6.07, 6.45) is 2.64. The third-order valence-electron chi connectivity index (χ3n) is 2.02. The van der Waals surface area contributed by atoms with E-state index in [1.54, 1.807) is 6.26 Å². The zero-order chi connectivity index (χ0) is 10.4. The van der Waals surface area contributed by atoms with Crippen molar-refractivity contribution >= 4 is 5.97 Å². The lowest BCUT2D eigenvalue weighted by Gasteiger charge is -2.13. The molecule has 1 aromatic rings. The van der Waals surface area contributed by atoms with Gasteiger partial charge in [0.1, 0.15) is 5.76 Å². The molecule has 1 rings (SSSR count). The molecule has 1 unspecified atom stereocenters. The predicted molar refractivity (Wildman–Crippen MR) is 52.0 cm³/mol. The monoisotopic (exact) mass is 197 g/mol. The lowest BCUT2D eigenvalue weighted by Crippen LogP contribution is -2.23. The van der Waals surface area contributed by atoms with E-state index in [-0.39, 0.29) is 12.5 Å². The first-order valence-corrected chi connectivity index (χ1v) is 4.72. The third kappa shape index (κ3) is 3.22. The summed E-state index contributed by atoms with van der Waals surface area (Å²) >= 11 is 0. The highest BCUT2D eigenvalue weighted by molar-refractivity contribution is 5.66. The molecule has 0 aliphatic rings. The average molecular weight is 197 g/mol. The smallest absolute Gasteiger partial charge is 0.304 e. The van der Waals surface area contributed by atoms with Gasteiger partial charge in [-0.15, -0.1) is 0 Å². The van der Waals surface area contributed by atoms with Gasteiger partial charge in [-0.2, -0.15) is 0 Å². The molecule has 1 aromatic heterocycles. The molecule has 0 saturated carbocycles. The van der Waals surface area contributed by atoms with Crippen molar-refractivity contribution in [1.82, 2.24) is 5.32 Å². The van der Waals surface area contributed by atoms with Crippen LogP contribution in [-0.2, 0) is 4.79 Å². The van der Waals surface area contributed by atoms with Crippen LogP contribution in [0.3, 0.4) is 0 Å². The van der Waals surface area contributed by atoms with Crippen LogP contribution in [0.25, 0.3) is 0 Å². The van der Waals surface area contributed by atoms with Crippen molar-refractivity contribution in [3.05, 3.63) is 24.2 Å². The molecule has 0 aliphatic carbocycles. The van der Waals surface area contributed by atoms with Gasteiger partial charge in [-0.3, -0.25) is 4.79 Å². The Morgan fingerprint density at radius 2 is 2.50 bits per heavy atom. The molecule has 0 spiro atoms. The molecular weight excluding hydrogens is 182 g/mol. The molecule has 0 bridgehead atoms.